The summed E-state index contributed by atoms with van der Waals surface area (Å²) < 4.78 is 71.2. The molecule has 3 aliphatic rings. The third-order valence-corrected chi connectivity index (χ3v) is 7.97. The van der Waals surface area contributed by atoms with Gasteiger partial charge in [-0.15, -0.1) is 0 Å². The van der Waals surface area contributed by atoms with Gasteiger partial charge in [0.25, 0.3) is 0 Å². The Kier molecular flexibility index (Phi) is 3.13. The fourth-order valence-electron chi connectivity index (χ4n) is 3.95. The second-order valence-electron chi connectivity index (χ2n) is 6.54. The van der Waals surface area contributed by atoms with Crippen molar-refractivity contribution in [2.45, 2.75) is 30.1 Å². The summed E-state index contributed by atoms with van der Waals surface area (Å²) in [6.45, 7) is 8.52. The van der Waals surface area contributed by atoms with Crippen molar-refractivity contribution in [3.8, 4) is 0 Å². The number of ether oxygens (including phenoxy) is 1. The van der Waals surface area contributed by atoms with E-state index in [4.69, 9.17) is 11.3 Å². The average Bonchev–Trinajstić information content (AvgIpc) is 3.17. The Morgan fingerprint density at radius 1 is 1.36 bits per heavy atom. The maximum atomic E-state index is 13.2. The normalized spacial score (nSPS) is 35.0. The molecule has 0 aliphatic carbocycles. The van der Waals surface area contributed by atoms with Crippen molar-refractivity contribution in [2.75, 3.05) is 10.8 Å². The molecule has 3 aliphatic heterocycles. The minimum absolute atomic E-state index is 0.0546. The lowest BCUT2D eigenvalue weighted by molar-refractivity contribution is -0.136. The summed E-state index contributed by atoms with van der Waals surface area (Å²) in [5, 5.41) is 0. The van der Waals surface area contributed by atoms with E-state index < -0.39 is 38.3 Å². The van der Waals surface area contributed by atoms with E-state index in [1.54, 1.807) is 19.1 Å². The molecule has 1 aromatic carbocycles. The topological polar surface area (TPSA) is 51.0 Å². The van der Waals surface area contributed by atoms with Crippen LogP contribution in [0, 0.1) is 12.5 Å². The van der Waals surface area contributed by atoms with Gasteiger partial charge in [-0.1, -0.05) is 18.2 Å². The maximum Gasteiger partial charge on any atom is 0.407 e. The summed E-state index contributed by atoms with van der Waals surface area (Å²) in [6.07, 6.45) is -2.17. The Morgan fingerprint density at radius 2 is 2.08 bits per heavy atom. The molecule has 1 aromatic rings. The number of nitrogens with zero attached hydrogens (tertiary/aromatic N) is 2. The van der Waals surface area contributed by atoms with Crippen molar-refractivity contribution in [3.63, 3.8) is 0 Å². The number of hydrogen-bond donors (Lipinski definition) is 0. The van der Waals surface area contributed by atoms with Gasteiger partial charge >= 0.3 is 6.18 Å². The Morgan fingerprint density at radius 3 is 2.68 bits per heavy atom. The zero-order valence-electron chi connectivity index (χ0n) is 13.0. The molecule has 3 heterocycles. The summed E-state index contributed by atoms with van der Waals surface area (Å²) in [4.78, 5) is 2.88. The maximum absolute atomic E-state index is 13.2. The van der Waals surface area contributed by atoms with Crippen LogP contribution in [-0.2, 0) is 20.9 Å². The van der Waals surface area contributed by atoms with Crippen LogP contribution >= 0.6 is 0 Å². The van der Waals surface area contributed by atoms with Gasteiger partial charge in [0.15, 0.2) is 5.69 Å². The van der Waals surface area contributed by atoms with Gasteiger partial charge in [0.1, 0.15) is 4.75 Å². The van der Waals surface area contributed by atoms with Crippen LogP contribution in [0.4, 0.5) is 24.5 Å². The fraction of sp³-hybridized carbons (Fsp3) is 0.438. The highest BCUT2D eigenvalue weighted by Crippen LogP contribution is 2.54. The predicted octanol–water partition coefficient (Wildman–Crippen LogP) is 3.12. The number of sulfonamides is 1. The first kappa shape index (κ1) is 16.4. The van der Waals surface area contributed by atoms with Gasteiger partial charge in [-0.05, 0) is 19.1 Å². The second kappa shape index (κ2) is 4.77. The summed E-state index contributed by atoms with van der Waals surface area (Å²) in [6, 6.07) is 3.01. The van der Waals surface area contributed by atoms with E-state index in [-0.39, 0.29) is 24.3 Å². The molecule has 0 spiro atoms. The van der Waals surface area contributed by atoms with Crippen molar-refractivity contribution in [2.24, 2.45) is 5.92 Å². The first-order valence-electron chi connectivity index (χ1n) is 7.55. The van der Waals surface area contributed by atoms with Crippen LogP contribution in [0.2, 0.25) is 0 Å². The summed E-state index contributed by atoms with van der Waals surface area (Å²) in [5.74, 6) is -0.345. The van der Waals surface area contributed by atoms with E-state index >= 15 is 0 Å². The third kappa shape index (κ3) is 1.95. The number of benzene rings is 1. The molecule has 132 valence electrons. The predicted molar refractivity (Wildman–Crippen MR) is 83.7 cm³/mol. The minimum atomic E-state index is -4.73. The highest BCUT2D eigenvalue weighted by Gasteiger charge is 2.68. The largest absolute Gasteiger partial charge is 0.407 e. The van der Waals surface area contributed by atoms with Crippen molar-refractivity contribution in [1.82, 2.24) is 0 Å². The van der Waals surface area contributed by atoms with Crippen LogP contribution in [0.3, 0.4) is 0 Å². The lowest BCUT2D eigenvalue weighted by Crippen LogP contribution is -2.46. The van der Waals surface area contributed by atoms with E-state index in [0.717, 1.165) is 16.4 Å². The van der Waals surface area contributed by atoms with Crippen molar-refractivity contribution in [3.05, 3.63) is 47.3 Å². The first-order chi connectivity index (χ1) is 11.6. The molecule has 0 saturated carbocycles. The quantitative estimate of drug-likeness (QED) is 0.564. The second-order valence-corrected chi connectivity index (χ2v) is 8.81. The molecule has 2 fully saturated rings. The molecular weight excluding hydrogens is 357 g/mol. The van der Waals surface area contributed by atoms with Crippen LogP contribution < -0.4 is 4.31 Å². The molecule has 0 radical (unpaired) electrons. The van der Waals surface area contributed by atoms with Gasteiger partial charge in [-0.25, -0.2) is 13.3 Å². The van der Waals surface area contributed by atoms with Gasteiger partial charge in [0, 0.05) is 18.2 Å². The third-order valence-electron chi connectivity index (χ3n) is 5.38. The summed E-state index contributed by atoms with van der Waals surface area (Å²) in [5.41, 5.74) is -1.76. The van der Waals surface area contributed by atoms with Gasteiger partial charge in [-0.3, -0.25) is 4.31 Å². The van der Waals surface area contributed by atoms with Crippen molar-refractivity contribution in [1.29, 1.82) is 0 Å². The Hall–Kier alpha value is -2.05. The van der Waals surface area contributed by atoms with E-state index in [1.807, 2.05) is 0 Å². The van der Waals surface area contributed by atoms with E-state index in [9.17, 15) is 21.6 Å². The zero-order valence-corrected chi connectivity index (χ0v) is 13.8. The summed E-state index contributed by atoms with van der Waals surface area (Å²) in [7, 11) is -3.92. The van der Waals surface area contributed by atoms with Crippen LogP contribution in [0.25, 0.3) is 4.85 Å². The van der Waals surface area contributed by atoms with Crippen LogP contribution in [0.15, 0.2) is 30.4 Å². The fourth-order valence-corrected chi connectivity index (χ4v) is 6.19. The number of alkyl halides is 3. The number of anilines is 1. The Labute approximate surface area is 142 Å². The SMILES string of the molecule is [C-]#[N+]c1ccc(N2C[C@@H]3[C@@H]4C=C[C@@H](O4)[C@]3(C)S2(=O)=O)cc1C(F)(F)F. The zero-order chi connectivity index (χ0) is 18.2. The molecule has 0 amide bonds. The van der Waals surface area contributed by atoms with E-state index in [1.165, 1.54) is 6.07 Å². The highest BCUT2D eigenvalue weighted by molar-refractivity contribution is 7.94. The molecule has 4 rings (SSSR count). The summed E-state index contributed by atoms with van der Waals surface area (Å²) >= 11 is 0. The highest BCUT2D eigenvalue weighted by atomic mass is 32.2. The van der Waals surface area contributed by atoms with E-state index in [0.29, 0.717) is 0 Å². The molecule has 25 heavy (non-hydrogen) atoms. The number of hydrogen-bond acceptors (Lipinski definition) is 3. The molecule has 0 N–H and O–H groups in total. The van der Waals surface area contributed by atoms with Gasteiger partial charge in [0.2, 0.25) is 10.0 Å². The first-order valence-corrected chi connectivity index (χ1v) is 8.99. The van der Waals surface area contributed by atoms with Crippen molar-refractivity contribution < 1.29 is 26.3 Å². The molecule has 4 atom stereocenters. The van der Waals surface area contributed by atoms with Gasteiger partial charge in [0.05, 0.1) is 24.3 Å². The van der Waals surface area contributed by atoms with Gasteiger partial charge in [-0.2, -0.15) is 13.2 Å². The molecular formula is C16H13F3N2O3S. The van der Waals surface area contributed by atoms with Crippen LogP contribution in [0.5, 0.6) is 0 Å². The van der Waals surface area contributed by atoms with Crippen molar-refractivity contribution >= 4 is 21.4 Å². The lowest BCUT2D eigenvalue weighted by Gasteiger charge is -2.28. The molecule has 2 bridgehead atoms. The minimum Gasteiger partial charge on any atom is -0.365 e. The van der Waals surface area contributed by atoms with E-state index in [2.05, 4.69) is 4.85 Å². The smallest absolute Gasteiger partial charge is 0.365 e. The lowest BCUT2D eigenvalue weighted by atomic mass is 9.83. The standard InChI is InChI=1S/C16H13F3N2O3S/c1-15-11(13-5-6-14(15)24-13)8-21(25(15,22)23)9-3-4-12(20-2)10(7-9)16(17,18)19/h3-7,11,13-14H,8H2,1H3/t11-,13+,14-,15-/m1/s1. The molecule has 0 aromatic heterocycles. The van der Waals surface area contributed by atoms with Gasteiger partial charge < -0.3 is 4.74 Å². The molecule has 5 nitrogen and oxygen atoms in total. The Balaban J connectivity index is 1.82. The number of rotatable bonds is 1. The number of fused-ring (bicyclic) bond motifs is 5. The molecule has 9 heteroatoms. The average molecular weight is 370 g/mol. The molecule has 0 unspecified atom stereocenters. The van der Waals surface area contributed by atoms with Crippen LogP contribution in [-0.4, -0.2) is 31.9 Å². The van der Waals surface area contributed by atoms with Crippen LogP contribution in [0.1, 0.15) is 12.5 Å². The molecule has 2 saturated heterocycles. The monoisotopic (exact) mass is 370 g/mol. The Bertz CT molecular complexity index is 935. The number of halogens is 3.